The molecular formula is C24H37NO3S. The highest BCUT2D eigenvalue weighted by Crippen LogP contribution is 2.35. The van der Waals surface area contributed by atoms with Crippen LogP contribution in [0.2, 0.25) is 0 Å². The first-order chi connectivity index (χ1) is 13.8. The Bertz CT molecular complexity index is 639. The number of benzene rings is 1. The molecule has 5 heteroatoms. The molecule has 1 heterocycles. The third-order valence-electron chi connectivity index (χ3n) is 6.10. The Morgan fingerprint density at radius 1 is 1.03 bits per heavy atom. The van der Waals surface area contributed by atoms with Gasteiger partial charge in [0.2, 0.25) is 0 Å². The Morgan fingerprint density at radius 2 is 1.66 bits per heavy atom. The topological polar surface area (TPSA) is 38.8 Å². The summed E-state index contributed by atoms with van der Waals surface area (Å²) in [6.07, 6.45) is 9.13. The van der Waals surface area contributed by atoms with Crippen LogP contribution in [0, 0.1) is 5.92 Å². The van der Waals surface area contributed by atoms with Crippen LogP contribution in [-0.2, 0) is 9.47 Å². The molecule has 1 aromatic rings. The fourth-order valence-corrected chi connectivity index (χ4v) is 4.73. The van der Waals surface area contributed by atoms with Crippen LogP contribution < -0.4 is 0 Å². The highest BCUT2D eigenvalue weighted by Gasteiger charge is 2.28. The largest absolute Gasteiger partial charge is 0.444 e. The molecule has 0 spiro atoms. The predicted octanol–water partition coefficient (Wildman–Crippen LogP) is 6.10. The molecule has 29 heavy (non-hydrogen) atoms. The van der Waals surface area contributed by atoms with Crippen molar-refractivity contribution in [2.75, 3.05) is 26.0 Å². The first-order valence-corrected chi connectivity index (χ1v) is 12.3. The van der Waals surface area contributed by atoms with Crippen LogP contribution >= 0.6 is 11.8 Å². The molecule has 1 aromatic carbocycles. The number of hydrogen-bond acceptors (Lipinski definition) is 4. The van der Waals surface area contributed by atoms with E-state index in [1.807, 2.05) is 25.7 Å². The van der Waals surface area contributed by atoms with Crippen molar-refractivity contribution >= 4 is 17.9 Å². The average Bonchev–Trinajstić information content (AvgIpc) is 2.72. The van der Waals surface area contributed by atoms with Crippen molar-refractivity contribution in [2.24, 2.45) is 5.92 Å². The zero-order chi connectivity index (χ0) is 20.9. The van der Waals surface area contributed by atoms with Gasteiger partial charge in [0.1, 0.15) is 5.60 Å². The van der Waals surface area contributed by atoms with Crippen LogP contribution in [0.1, 0.15) is 70.8 Å². The van der Waals surface area contributed by atoms with Crippen LogP contribution in [0.3, 0.4) is 0 Å². The van der Waals surface area contributed by atoms with Crippen LogP contribution in [0.25, 0.3) is 0 Å². The molecule has 0 atom stereocenters. The summed E-state index contributed by atoms with van der Waals surface area (Å²) in [7, 11) is 0. The smallest absolute Gasteiger partial charge is 0.410 e. The average molecular weight is 420 g/mol. The van der Waals surface area contributed by atoms with Crippen LogP contribution in [0.15, 0.2) is 29.2 Å². The molecule has 2 aliphatic rings. The SMILES string of the molecule is CSc1ccc([C@H]2CC[C@H](OCC3CCN(C(=O)OC(C)(C)C)CC3)CC2)cc1. The van der Waals surface area contributed by atoms with Crippen molar-refractivity contribution in [1.82, 2.24) is 4.90 Å². The van der Waals surface area contributed by atoms with Crippen molar-refractivity contribution in [3.8, 4) is 0 Å². The minimum absolute atomic E-state index is 0.180. The Morgan fingerprint density at radius 3 is 2.21 bits per heavy atom. The number of carbonyl (C=O) groups excluding carboxylic acids is 1. The molecule has 2 fully saturated rings. The molecule has 162 valence electrons. The van der Waals surface area contributed by atoms with E-state index in [4.69, 9.17) is 9.47 Å². The number of likely N-dealkylation sites (tertiary alicyclic amines) is 1. The first kappa shape index (κ1) is 22.5. The molecule has 3 rings (SSSR count). The Balaban J connectivity index is 1.34. The van der Waals surface area contributed by atoms with Gasteiger partial charge >= 0.3 is 6.09 Å². The number of thioether (sulfide) groups is 1. The molecule has 4 nitrogen and oxygen atoms in total. The second kappa shape index (κ2) is 10.2. The highest BCUT2D eigenvalue weighted by molar-refractivity contribution is 7.98. The predicted molar refractivity (Wildman–Crippen MR) is 120 cm³/mol. The lowest BCUT2D eigenvalue weighted by atomic mass is 9.82. The number of hydrogen-bond donors (Lipinski definition) is 0. The lowest BCUT2D eigenvalue weighted by molar-refractivity contribution is -0.0143. The van der Waals surface area contributed by atoms with Crippen LogP contribution in [0.5, 0.6) is 0 Å². The molecule has 1 saturated carbocycles. The summed E-state index contributed by atoms with van der Waals surface area (Å²) >= 11 is 1.80. The van der Waals surface area contributed by atoms with E-state index in [0.29, 0.717) is 17.9 Å². The molecule has 1 saturated heterocycles. The Hall–Kier alpha value is -1.20. The van der Waals surface area contributed by atoms with Crippen molar-refractivity contribution < 1.29 is 14.3 Å². The molecule has 1 aliphatic carbocycles. The summed E-state index contributed by atoms with van der Waals surface area (Å²) in [6, 6.07) is 9.09. The third-order valence-corrected chi connectivity index (χ3v) is 6.84. The molecule has 0 unspecified atom stereocenters. The van der Waals surface area contributed by atoms with E-state index >= 15 is 0 Å². The number of rotatable bonds is 5. The molecular weight excluding hydrogens is 382 g/mol. The van der Waals surface area contributed by atoms with E-state index in [0.717, 1.165) is 45.4 Å². The second-order valence-corrected chi connectivity index (χ2v) is 10.4. The lowest BCUT2D eigenvalue weighted by Crippen LogP contribution is -2.42. The molecule has 0 bridgehead atoms. The quantitative estimate of drug-likeness (QED) is 0.541. The molecule has 1 amide bonds. The summed E-state index contributed by atoms with van der Waals surface area (Å²) in [6.45, 7) is 8.14. The third kappa shape index (κ3) is 6.92. The number of nitrogens with zero attached hydrogens (tertiary/aromatic N) is 1. The van der Waals surface area contributed by atoms with E-state index in [2.05, 4.69) is 30.5 Å². The summed E-state index contributed by atoms with van der Waals surface area (Å²) < 4.78 is 11.8. The van der Waals surface area contributed by atoms with E-state index in [9.17, 15) is 4.79 Å². The van der Waals surface area contributed by atoms with Gasteiger partial charge in [-0.05, 0) is 95.1 Å². The molecule has 0 radical (unpaired) electrons. The van der Waals surface area contributed by atoms with Gasteiger partial charge in [-0.15, -0.1) is 11.8 Å². The maximum Gasteiger partial charge on any atom is 0.410 e. The monoisotopic (exact) mass is 419 g/mol. The number of ether oxygens (including phenoxy) is 2. The van der Waals surface area contributed by atoms with E-state index in [1.54, 1.807) is 11.8 Å². The lowest BCUT2D eigenvalue weighted by Gasteiger charge is -2.34. The van der Waals surface area contributed by atoms with Crippen molar-refractivity contribution in [1.29, 1.82) is 0 Å². The van der Waals surface area contributed by atoms with E-state index in [1.165, 1.54) is 23.3 Å². The normalized spacial score (nSPS) is 23.8. The first-order valence-electron chi connectivity index (χ1n) is 11.1. The van der Waals surface area contributed by atoms with Gasteiger partial charge in [-0.3, -0.25) is 0 Å². The van der Waals surface area contributed by atoms with Crippen molar-refractivity contribution in [3.05, 3.63) is 29.8 Å². The van der Waals surface area contributed by atoms with Crippen molar-refractivity contribution in [2.45, 2.75) is 81.8 Å². The summed E-state index contributed by atoms with van der Waals surface area (Å²) in [5.74, 6) is 1.24. The Kier molecular flexibility index (Phi) is 7.92. The summed E-state index contributed by atoms with van der Waals surface area (Å²) in [4.78, 5) is 15.4. The summed E-state index contributed by atoms with van der Waals surface area (Å²) in [5.41, 5.74) is 1.06. The van der Waals surface area contributed by atoms with Gasteiger partial charge in [0.15, 0.2) is 0 Å². The van der Waals surface area contributed by atoms with Crippen molar-refractivity contribution in [3.63, 3.8) is 0 Å². The number of carbonyl (C=O) groups is 1. The molecule has 1 aliphatic heterocycles. The minimum Gasteiger partial charge on any atom is -0.444 e. The fourth-order valence-electron chi connectivity index (χ4n) is 4.32. The van der Waals surface area contributed by atoms with Gasteiger partial charge in [0, 0.05) is 24.6 Å². The van der Waals surface area contributed by atoms with Gasteiger partial charge in [-0.25, -0.2) is 4.79 Å². The Labute approximate surface area is 180 Å². The van der Waals surface area contributed by atoms with Gasteiger partial charge in [-0.1, -0.05) is 12.1 Å². The zero-order valence-corrected chi connectivity index (χ0v) is 19.3. The maximum absolute atomic E-state index is 12.2. The van der Waals surface area contributed by atoms with E-state index < -0.39 is 5.60 Å². The minimum atomic E-state index is -0.424. The zero-order valence-electron chi connectivity index (χ0n) is 18.5. The summed E-state index contributed by atoms with van der Waals surface area (Å²) in [5, 5.41) is 0. The van der Waals surface area contributed by atoms with Gasteiger partial charge in [0.25, 0.3) is 0 Å². The standard InChI is InChI=1S/C24H37NO3S/c1-24(2,3)28-23(26)25-15-13-18(14-16-25)17-27-21-9-5-19(6-10-21)20-7-11-22(29-4)12-8-20/h7-8,11-12,18-19,21H,5-6,9-10,13-17H2,1-4H3/t19-,21-. The van der Waals surface area contributed by atoms with Crippen LogP contribution in [0.4, 0.5) is 4.79 Å². The fraction of sp³-hybridized carbons (Fsp3) is 0.708. The number of amides is 1. The van der Waals surface area contributed by atoms with Crippen LogP contribution in [-0.4, -0.2) is 48.7 Å². The number of piperidine rings is 1. The van der Waals surface area contributed by atoms with E-state index in [-0.39, 0.29) is 6.09 Å². The van der Waals surface area contributed by atoms with Gasteiger partial charge in [0.05, 0.1) is 6.10 Å². The maximum atomic E-state index is 12.2. The molecule has 0 aromatic heterocycles. The van der Waals surface area contributed by atoms with Gasteiger partial charge in [-0.2, -0.15) is 0 Å². The van der Waals surface area contributed by atoms with Gasteiger partial charge < -0.3 is 14.4 Å². The second-order valence-electron chi connectivity index (χ2n) is 9.49. The molecule has 0 N–H and O–H groups in total. The highest BCUT2D eigenvalue weighted by atomic mass is 32.2.